The van der Waals surface area contributed by atoms with Crippen LogP contribution >= 0.6 is 0 Å². The summed E-state index contributed by atoms with van der Waals surface area (Å²) in [4.78, 5) is 8.54. The van der Waals surface area contributed by atoms with Crippen molar-refractivity contribution in [2.45, 2.75) is 26.1 Å². The van der Waals surface area contributed by atoms with E-state index >= 15 is 0 Å². The summed E-state index contributed by atoms with van der Waals surface area (Å²) in [5.74, 6) is 0.793. The van der Waals surface area contributed by atoms with Crippen molar-refractivity contribution in [3.63, 3.8) is 0 Å². The fourth-order valence-electron chi connectivity index (χ4n) is 1.92. The smallest absolute Gasteiger partial charge is 0.390 e. The number of aromatic nitrogens is 1. The van der Waals surface area contributed by atoms with Gasteiger partial charge in [0, 0.05) is 18.7 Å². The molecular formula is C16H19F3N4O. The number of nitrogens with zero attached hydrogens (tertiary/aromatic N) is 2. The van der Waals surface area contributed by atoms with Crippen LogP contribution in [0.2, 0.25) is 0 Å². The second-order valence-corrected chi connectivity index (χ2v) is 5.00. The molecule has 1 aromatic carbocycles. The van der Waals surface area contributed by atoms with Gasteiger partial charge in [0.2, 0.25) is 5.89 Å². The van der Waals surface area contributed by atoms with Gasteiger partial charge in [-0.3, -0.25) is 0 Å². The normalized spacial score (nSPS) is 12.2. The molecule has 2 aromatic rings. The molecule has 2 N–H and O–H groups in total. The second-order valence-electron chi connectivity index (χ2n) is 5.00. The van der Waals surface area contributed by atoms with Crippen molar-refractivity contribution in [1.29, 1.82) is 0 Å². The Labute approximate surface area is 138 Å². The number of alkyl halides is 3. The van der Waals surface area contributed by atoms with Crippen LogP contribution in [0.15, 0.2) is 46.0 Å². The number of hydrogen-bond acceptors (Lipinski definition) is 3. The molecule has 8 heteroatoms. The van der Waals surface area contributed by atoms with Crippen LogP contribution in [0.1, 0.15) is 19.0 Å². The molecule has 0 aliphatic heterocycles. The Bertz CT molecular complexity index is 653. The first kappa shape index (κ1) is 17.8. The van der Waals surface area contributed by atoms with Gasteiger partial charge in [-0.2, -0.15) is 13.2 Å². The first-order valence-corrected chi connectivity index (χ1v) is 7.56. The van der Waals surface area contributed by atoms with Gasteiger partial charge in [-0.05, 0) is 19.1 Å². The summed E-state index contributed by atoms with van der Waals surface area (Å²) < 4.78 is 42.0. The summed E-state index contributed by atoms with van der Waals surface area (Å²) in [5, 5.41) is 5.54. The maximum absolute atomic E-state index is 12.2. The van der Waals surface area contributed by atoms with Crippen LogP contribution in [0.5, 0.6) is 0 Å². The molecule has 0 saturated heterocycles. The van der Waals surface area contributed by atoms with Crippen LogP contribution in [-0.2, 0) is 6.54 Å². The predicted molar refractivity (Wildman–Crippen MR) is 85.4 cm³/mol. The Balaban J connectivity index is 1.95. The maximum Gasteiger partial charge on any atom is 0.390 e. The van der Waals surface area contributed by atoms with E-state index in [9.17, 15) is 13.2 Å². The lowest BCUT2D eigenvalue weighted by atomic mass is 10.2. The van der Waals surface area contributed by atoms with Crippen molar-refractivity contribution in [3.05, 3.63) is 42.3 Å². The van der Waals surface area contributed by atoms with Gasteiger partial charge in [0.1, 0.15) is 12.0 Å². The molecule has 0 amide bonds. The molecule has 0 radical (unpaired) electrons. The zero-order valence-corrected chi connectivity index (χ0v) is 13.2. The lowest BCUT2D eigenvalue weighted by molar-refractivity contribution is -0.132. The minimum absolute atomic E-state index is 0.206. The number of halogens is 3. The van der Waals surface area contributed by atoms with E-state index < -0.39 is 12.6 Å². The minimum atomic E-state index is -4.19. The monoisotopic (exact) mass is 340 g/mol. The van der Waals surface area contributed by atoms with Gasteiger partial charge >= 0.3 is 6.18 Å². The molecule has 1 heterocycles. The number of aliphatic imine (C=N–C) groups is 1. The molecule has 0 aliphatic carbocycles. The number of rotatable bonds is 6. The summed E-state index contributed by atoms with van der Waals surface area (Å²) in [5.41, 5.74) is 1.45. The average Bonchev–Trinajstić information content (AvgIpc) is 3.01. The third-order valence-electron chi connectivity index (χ3n) is 3.02. The lowest BCUT2D eigenvalue weighted by Crippen LogP contribution is -2.38. The van der Waals surface area contributed by atoms with E-state index in [1.165, 1.54) is 6.26 Å². The highest BCUT2D eigenvalue weighted by atomic mass is 19.4. The summed E-state index contributed by atoms with van der Waals surface area (Å²) in [7, 11) is 0. The summed E-state index contributed by atoms with van der Waals surface area (Å²) in [6, 6.07) is 9.41. The Morgan fingerprint density at radius 3 is 2.62 bits per heavy atom. The topological polar surface area (TPSA) is 62.5 Å². The molecule has 0 fully saturated rings. The summed E-state index contributed by atoms with van der Waals surface area (Å²) >= 11 is 0. The van der Waals surface area contributed by atoms with E-state index in [-0.39, 0.29) is 13.1 Å². The van der Waals surface area contributed by atoms with Crippen molar-refractivity contribution in [2.24, 2.45) is 4.99 Å². The molecule has 5 nitrogen and oxygen atoms in total. The number of benzene rings is 1. The lowest BCUT2D eigenvalue weighted by Gasteiger charge is -2.12. The van der Waals surface area contributed by atoms with Crippen molar-refractivity contribution < 1.29 is 17.6 Å². The molecular weight excluding hydrogens is 321 g/mol. The van der Waals surface area contributed by atoms with Gasteiger partial charge in [0.05, 0.1) is 13.0 Å². The molecule has 2 rings (SSSR count). The molecule has 130 valence electrons. The van der Waals surface area contributed by atoms with Gasteiger partial charge in [-0.1, -0.05) is 18.2 Å². The van der Waals surface area contributed by atoms with E-state index in [2.05, 4.69) is 20.6 Å². The zero-order chi connectivity index (χ0) is 17.4. The van der Waals surface area contributed by atoms with Crippen molar-refractivity contribution >= 4 is 5.96 Å². The molecule has 24 heavy (non-hydrogen) atoms. The molecule has 0 unspecified atom stereocenters. The molecule has 0 spiro atoms. The van der Waals surface area contributed by atoms with Crippen LogP contribution < -0.4 is 10.6 Å². The summed E-state index contributed by atoms with van der Waals surface area (Å²) in [6.07, 6.45) is -3.62. The second kappa shape index (κ2) is 8.37. The number of oxazole rings is 1. The van der Waals surface area contributed by atoms with Crippen molar-refractivity contribution in [3.8, 4) is 11.5 Å². The Hall–Kier alpha value is -2.51. The van der Waals surface area contributed by atoms with E-state index in [1.54, 1.807) is 0 Å². The Morgan fingerprint density at radius 1 is 1.21 bits per heavy atom. The van der Waals surface area contributed by atoms with Gasteiger partial charge < -0.3 is 15.1 Å². The summed E-state index contributed by atoms with van der Waals surface area (Å²) in [6.45, 7) is 2.36. The Morgan fingerprint density at radius 2 is 1.96 bits per heavy atom. The van der Waals surface area contributed by atoms with E-state index in [1.807, 2.05) is 37.3 Å². The van der Waals surface area contributed by atoms with Crippen LogP contribution in [0.3, 0.4) is 0 Å². The van der Waals surface area contributed by atoms with E-state index in [0.717, 1.165) is 5.56 Å². The van der Waals surface area contributed by atoms with E-state index in [4.69, 9.17) is 4.42 Å². The van der Waals surface area contributed by atoms with Gasteiger partial charge in [-0.15, -0.1) is 0 Å². The quantitative estimate of drug-likeness (QED) is 0.625. The highest BCUT2D eigenvalue weighted by Crippen LogP contribution is 2.19. The van der Waals surface area contributed by atoms with Crippen molar-refractivity contribution in [1.82, 2.24) is 15.6 Å². The standard InChI is InChI=1S/C16H19F3N4O/c1-2-20-15(21-9-8-16(17,18)19)22-10-13-11-24-14(23-13)12-6-4-3-5-7-12/h3-7,11H,2,8-10H2,1H3,(H2,20,21,22). The van der Waals surface area contributed by atoms with Crippen LogP contribution in [-0.4, -0.2) is 30.2 Å². The third kappa shape index (κ3) is 5.94. The molecule has 1 aromatic heterocycles. The number of hydrogen-bond donors (Lipinski definition) is 2. The van der Waals surface area contributed by atoms with Crippen molar-refractivity contribution in [2.75, 3.05) is 13.1 Å². The zero-order valence-electron chi connectivity index (χ0n) is 13.2. The molecule has 0 saturated carbocycles. The highest BCUT2D eigenvalue weighted by Gasteiger charge is 2.26. The minimum Gasteiger partial charge on any atom is -0.444 e. The highest BCUT2D eigenvalue weighted by molar-refractivity contribution is 5.79. The predicted octanol–water partition coefficient (Wildman–Crippen LogP) is 3.35. The van der Waals surface area contributed by atoms with E-state index in [0.29, 0.717) is 24.1 Å². The Kier molecular flexibility index (Phi) is 6.22. The van der Waals surface area contributed by atoms with Gasteiger partial charge in [-0.25, -0.2) is 9.98 Å². The largest absolute Gasteiger partial charge is 0.444 e. The third-order valence-corrected chi connectivity index (χ3v) is 3.02. The fourth-order valence-corrected chi connectivity index (χ4v) is 1.92. The number of nitrogens with one attached hydrogen (secondary N) is 2. The first-order chi connectivity index (χ1) is 11.5. The molecule has 0 atom stereocenters. The average molecular weight is 340 g/mol. The molecule has 0 bridgehead atoms. The van der Waals surface area contributed by atoms with Crippen LogP contribution in [0.4, 0.5) is 13.2 Å². The van der Waals surface area contributed by atoms with Crippen LogP contribution in [0, 0.1) is 0 Å². The first-order valence-electron chi connectivity index (χ1n) is 7.56. The molecule has 0 aliphatic rings. The van der Waals surface area contributed by atoms with Gasteiger partial charge in [0.15, 0.2) is 5.96 Å². The number of guanidine groups is 1. The SMILES string of the molecule is CCNC(=NCc1coc(-c2ccccc2)n1)NCCC(F)(F)F. The fraction of sp³-hybridized carbons (Fsp3) is 0.375. The van der Waals surface area contributed by atoms with Crippen LogP contribution in [0.25, 0.3) is 11.5 Å². The van der Waals surface area contributed by atoms with Gasteiger partial charge in [0.25, 0.3) is 0 Å². The maximum atomic E-state index is 12.2.